The summed E-state index contributed by atoms with van der Waals surface area (Å²) in [6, 6.07) is 17.2. The minimum absolute atomic E-state index is 0.209. The van der Waals surface area contributed by atoms with Crippen LogP contribution in [0, 0.1) is 0 Å². The molecule has 0 saturated heterocycles. The molecular weight excluding hydrogens is 384 g/mol. The van der Waals surface area contributed by atoms with Gasteiger partial charge in [-0.25, -0.2) is 5.43 Å². The van der Waals surface area contributed by atoms with E-state index in [4.69, 9.17) is 4.74 Å². The van der Waals surface area contributed by atoms with Crippen LogP contribution in [-0.2, 0) is 0 Å². The number of carbonyl (C=O) groups excluding carboxylic acids is 1. The van der Waals surface area contributed by atoms with Gasteiger partial charge in [0.1, 0.15) is 5.75 Å². The first-order chi connectivity index (χ1) is 15.2. The summed E-state index contributed by atoms with van der Waals surface area (Å²) in [6.45, 7) is 5.08. The fourth-order valence-corrected chi connectivity index (χ4v) is 3.44. The van der Waals surface area contributed by atoms with Crippen LogP contribution in [0.1, 0.15) is 94.0 Å². The number of benzene rings is 2. The van der Waals surface area contributed by atoms with Crippen LogP contribution in [0.5, 0.6) is 5.75 Å². The fraction of sp³-hybridized carbons (Fsp3) is 0.481. The molecular formula is C27H38N2O2. The number of hydrazone groups is 1. The summed E-state index contributed by atoms with van der Waals surface area (Å²) >= 11 is 0. The van der Waals surface area contributed by atoms with Gasteiger partial charge in [0.2, 0.25) is 0 Å². The predicted molar refractivity (Wildman–Crippen MR) is 130 cm³/mol. The first-order valence-electron chi connectivity index (χ1n) is 11.9. The lowest BCUT2D eigenvalue weighted by Crippen LogP contribution is -2.20. The van der Waals surface area contributed by atoms with Gasteiger partial charge in [-0.2, -0.15) is 5.10 Å². The lowest BCUT2D eigenvalue weighted by atomic mass is 10.1. The molecule has 4 nitrogen and oxygen atoms in total. The van der Waals surface area contributed by atoms with Crippen LogP contribution in [0.3, 0.4) is 0 Å². The van der Waals surface area contributed by atoms with Gasteiger partial charge < -0.3 is 4.74 Å². The number of rotatable bonds is 15. The molecule has 0 unspecified atom stereocenters. The average molecular weight is 423 g/mol. The molecule has 168 valence electrons. The van der Waals surface area contributed by atoms with E-state index in [1.165, 1.54) is 44.9 Å². The molecule has 0 bridgehead atoms. The summed E-state index contributed by atoms with van der Waals surface area (Å²) in [5, 5.41) is 4.37. The van der Waals surface area contributed by atoms with Gasteiger partial charge in [-0.15, -0.1) is 0 Å². The summed E-state index contributed by atoms with van der Waals surface area (Å²) in [6.07, 6.45) is 12.1. The van der Waals surface area contributed by atoms with Crippen LogP contribution in [0.4, 0.5) is 0 Å². The Hall–Kier alpha value is -2.62. The zero-order valence-corrected chi connectivity index (χ0v) is 19.2. The van der Waals surface area contributed by atoms with Gasteiger partial charge >= 0.3 is 0 Å². The van der Waals surface area contributed by atoms with Crippen LogP contribution in [0.15, 0.2) is 59.7 Å². The van der Waals surface area contributed by atoms with Gasteiger partial charge in [0.15, 0.2) is 0 Å². The molecule has 1 amide bonds. The van der Waals surface area contributed by atoms with Gasteiger partial charge in [-0.05, 0) is 42.7 Å². The maximum absolute atomic E-state index is 12.5. The molecule has 0 heterocycles. The third-order valence-electron chi connectivity index (χ3n) is 5.27. The van der Waals surface area contributed by atoms with Crippen molar-refractivity contribution in [3.05, 3.63) is 65.7 Å². The number of hydrogen-bond acceptors (Lipinski definition) is 3. The monoisotopic (exact) mass is 422 g/mol. The summed E-state index contributed by atoms with van der Waals surface area (Å²) in [4.78, 5) is 12.5. The Balaban J connectivity index is 1.73. The van der Waals surface area contributed by atoms with Crippen LogP contribution in [-0.4, -0.2) is 18.2 Å². The van der Waals surface area contributed by atoms with E-state index in [0.29, 0.717) is 5.56 Å². The fourth-order valence-electron chi connectivity index (χ4n) is 3.44. The quantitative estimate of drug-likeness (QED) is 0.188. The first-order valence-corrected chi connectivity index (χ1v) is 11.9. The van der Waals surface area contributed by atoms with Gasteiger partial charge in [0, 0.05) is 5.56 Å². The zero-order chi connectivity index (χ0) is 22.2. The van der Waals surface area contributed by atoms with Crippen molar-refractivity contribution in [1.82, 2.24) is 5.43 Å². The molecule has 0 saturated carbocycles. The molecule has 2 rings (SSSR count). The van der Waals surface area contributed by atoms with Crippen molar-refractivity contribution < 1.29 is 9.53 Å². The first kappa shape index (κ1) is 24.6. The number of unbranched alkanes of at least 4 members (excludes halogenated alkanes) is 7. The molecule has 2 aromatic carbocycles. The van der Waals surface area contributed by atoms with E-state index in [1.807, 2.05) is 42.5 Å². The van der Waals surface area contributed by atoms with E-state index >= 15 is 0 Å². The van der Waals surface area contributed by atoms with Crippen LogP contribution < -0.4 is 10.2 Å². The Morgan fingerprint density at radius 1 is 0.774 bits per heavy atom. The van der Waals surface area contributed by atoms with Gasteiger partial charge in [-0.1, -0.05) is 95.5 Å². The Morgan fingerprint density at radius 2 is 1.42 bits per heavy atom. The number of nitrogens with zero attached hydrogens (tertiary/aromatic N) is 1. The van der Waals surface area contributed by atoms with Crippen LogP contribution >= 0.6 is 0 Å². The molecule has 2 aromatic rings. The molecule has 0 aliphatic carbocycles. The molecule has 0 atom stereocenters. The van der Waals surface area contributed by atoms with Crippen molar-refractivity contribution >= 4 is 11.6 Å². The van der Waals surface area contributed by atoms with Crippen LogP contribution in [0.25, 0.3) is 0 Å². The third kappa shape index (κ3) is 9.82. The maximum atomic E-state index is 12.5. The van der Waals surface area contributed by atoms with E-state index < -0.39 is 0 Å². The second-order valence-electron chi connectivity index (χ2n) is 7.96. The lowest BCUT2D eigenvalue weighted by molar-refractivity contribution is 0.0954. The van der Waals surface area contributed by atoms with Crippen molar-refractivity contribution in [3.8, 4) is 5.75 Å². The minimum atomic E-state index is -0.209. The maximum Gasteiger partial charge on any atom is 0.271 e. The summed E-state index contributed by atoms with van der Waals surface area (Å²) in [5.74, 6) is 0.595. The Morgan fingerprint density at radius 3 is 2.06 bits per heavy atom. The van der Waals surface area contributed by atoms with E-state index in [2.05, 4.69) is 24.4 Å². The second kappa shape index (κ2) is 15.2. The molecule has 0 radical (unpaired) electrons. The highest BCUT2D eigenvalue weighted by atomic mass is 16.5. The largest absolute Gasteiger partial charge is 0.494 e. The predicted octanol–water partition coefficient (Wildman–Crippen LogP) is 7.14. The molecule has 31 heavy (non-hydrogen) atoms. The molecule has 0 fully saturated rings. The van der Waals surface area contributed by atoms with Crippen LogP contribution in [0.2, 0.25) is 0 Å². The topological polar surface area (TPSA) is 50.7 Å². The van der Waals surface area contributed by atoms with Crippen molar-refractivity contribution in [3.63, 3.8) is 0 Å². The molecule has 0 aliphatic rings. The molecule has 1 N–H and O–H groups in total. The zero-order valence-electron chi connectivity index (χ0n) is 19.2. The highest BCUT2D eigenvalue weighted by molar-refractivity contribution is 6.02. The number of nitrogens with one attached hydrogen (secondary N) is 1. The van der Waals surface area contributed by atoms with Crippen molar-refractivity contribution in [2.75, 3.05) is 6.61 Å². The smallest absolute Gasteiger partial charge is 0.271 e. The lowest BCUT2D eigenvalue weighted by Gasteiger charge is -2.08. The summed E-state index contributed by atoms with van der Waals surface area (Å²) in [5.41, 5.74) is 5.20. The van der Waals surface area contributed by atoms with E-state index in [0.717, 1.165) is 42.9 Å². The van der Waals surface area contributed by atoms with E-state index in [9.17, 15) is 4.79 Å². The normalized spacial score (nSPS) is 11.4. The van der Waals surface area contributed by atoms with Crippen molar-refractivity contribution in [2.24, 2.45) is 5.10 Å². The van der Waals surface area contributed by atoms with Crippen molar-refractivity contribution in [1.29, 1.82) is 0 Å². The Bertz CT molecular complexity index is 770. The summed E-state index contributed by atoms with van der Waals surface area (Å²) in [7, 11) is 0. The second-order valence-corrected chi connectivity index (χ2v) is 7.96. The highest BCUT2D eigenvalue weighted by Gasteiger charge is 2.07. The number of carbonyl (C=O) groups is 1. The number of ether oxygens (including phenoxy) is 1. The Labute approximate surface area is 188 Å². The van der Waals surface area contributed by atoms with E-state index in [-0.39, 0.29) is 5.91 Å². The third-order valence-corrected chi connectivity index (χ3v) is 5.27. The van der Waals surface area contributed by atoms with Gasteiger partial charge in [0.05, 0.1) is 12.3 Å². The molecule has 4 heteroatoms. The standard InChI is InChI=1S/C27H38N2O2/c1-3-5-6-7-8-9-10-14-22-31-25-20-18-24(19-21-25)27(30)29-28-26(15-4-2)23-16-12-11-13-17-23/h11-13,16-21H,3-10,14-15,22H2,1-2H3,(H,29,30). The summed E-state index contributed by atoms with van der Waals surface area (Å²) < 4.78 is 5.81. The highest BCUT2D eigenvalue weighted by Crippen LogP contribution is 2.14. The molecule has 0 spiro atoms. The molecule has 0 aromatic heterocycles. The van der Waals surface area contributed by atoms with Crippen molar-refractivity contribution in [2.45, 2.75) is 78.1 Å². The SMILES string of the molecule is CCCCCCCCCCOc1ccc(C(=O)NN=C(CCC)c2ccccc2)cc1. The number of hydrogen-bond donors (Lipinski definition) is 1. The number of amides is 1. The average Bonchev–Trinajstić information content (AvgIpc) is 2.81. The van der Waals surface area contributed by atoms with E-state index in [1.54, 1.807) is 12.1 Å². The van der Waals surface area contributed by atoms with Gasteiger partial charge in [0.25, 0.3) is 5.91 Å². The van der Waals surface area contributed by atoms with Gasteiger partial charge in [-0.3, -0.25) is 4.79 Å². The molecule has 0 aliphatic heterocycles. The Kier molecular flexibility index (Phi) is 12.1. The minimum Gasteiger partial charge on any atom is -0.494 e.